The van der Waals surface area contributed by atoms with E-state index < -0.39 is 5.60 Å². The lowest BCUT2D eigenvalue weighted by Crippen LogP contribution is -2.36. The van der Waals surface area contributed by atoms with E-state index in [-0.39, 0.29) is 0 Å². The summed E-state index contributed by atoms with van der Waals surface area (Å²) < 4.78 is 0. The summed E-state index contributed by atoms with van der Waals surface area (Å²) in [4.78, 5) is 0. The van der Waals surface area contributed by atoms with Crippen LogP contribution in [0.5, 0.6) is 0 Å². The highest BCUT2D eigenvalue weighted by Crippen LogP contribution is 2.43. The molecule has 17 heavy (non-hydrogen) atoms. The van der Waals surface area contributed by atoms with Crippen molar-refractivity contribution in [3.8, 4) is 0 Å². The van der Waals surface area contributed by atoms with E-state index in [4.69, 9.17) is 0 Å². The molecular formula is C16H24O. The standard InChI is InChI=1S/C16H24O/c1-11-8-12(2)10-16(17,9-11)15-7-5-6-13(3)14(15)4/h5-7,11-12,17H,8-10H2,1-4H3. The van der Waals surface area contributed by atoms with Gasteiger partial charge in [-0.2, -0.15) is 0 Å². The fourth-order valence-electron chi connectivity index (χ4n) is 3.56. The normalized spacial score (nSPS) is 33.7. The van der Waals surface area contributed by atoms with Crippen LogP contribution in [0.25, 0.3) is 0 Å². The van der Waals surface area contributed by atoms with E-state index in [0.717, 1.165) is 18.4 Å². The maximum Gasteiger partial charge on any atom is 0.0904 e. The van der Waals surface area contributed by atoms with E-state index in [1.54, 1.807) is 0 Å². The zero-order valence-corrected chi connectivity index (χ0v) is 11.5. The predicted molar refractivity (Wildman–Crippen MR) is 72.0 cm³/mol. The van der Waals surface area contributed by atoms with E-state index >= 15 is 0 Å². The summed E-state index contributed by atoms with van der Waals surface area (Å²) >= 11 is 0. The third-order valence-electron chi connectivity index (χ3n) is 4.28. The molecule has 1 nitrogen and oxygen atoms in total. The molecule has 1 heteroatoms. The molecular weight excluding hydrogens is 208 g/mol. The minimum Gasteiger partial charge on any atom is -0.385 e. The molecule has 0 spiro atoms. The monoisotopic (exact) mass is 232 g/mol. The van der Waals surface area contributed by atoms with Gasteiger partial charge in [0.2, 0.25) is 0 Å². The Kier molecular flexibility index (Phi) is 3.31. The molecule has 2 unspecified atom stereocenters. The molecule has 1 aliphatic rings. The van der Waals surface area contributed by atoms with Gasteiger partial charge in [0.1, 0.15) is 0 Å². The largest absolute Gasteiger partial charge is 0.385 e. The summed E-state index contributed by atoms with van der Waals surface area (Å²) in [6, 6.07) is 6.30. The Bertz CT molecular complexity index is 398. The molecule has 0 amide bonds. The minimum absolute atomic E-state index is 0.604. The zero-order valence-electron chi connectivity index (χ0n) is 11.5. The van der Waals surface area contributed by atoms with Gasteiger partial charge in [-0.05, 0) is 61.6 Å². The van der Waals surface area contributed by atoms with E-state index in [2.05, 4.69) is 45.9 Å². The van der Waals surface area contributed by atoms with Crippen LogP contribution in [0.4, 0.5) is 0 Å². The van der Waals surface area contributed by atoms with Gasteiger partial charge in [0.25, 0.3) is 0 Å². The van der Waals surface area contributed by atoms with Crippen molar-refractivity contribution in [3.63, 3.8) is 0 Å². The summed E-state index contributed by atoms with van der Waals surface area (Å²) in [5, 5.41) is 11.0. The molecule has 0 radical (unpaired) electrons. The molecule has 1 saturated carbocycles. The van der Waals surface area contributed by atoms with Gasteiger partial charge in [-0.15, -0.1) is 0 Å². The highest BCUT2D eigenvalue weighted by atomic mass is 16.3. The number of rotatable bonds is 1. The number of hydrogen-bond donors (Lipinski definition) is 1. The first kappa shape index (κ1) is 12.6. The van der Waals surface area contributed by atoms with Crippen molar-refractivity contribution in [2.45, 2.75) is 52.6 Å². The second-order valence-corrected chi connectivity index (χ2v) is 6.13. The van der Waals surface area contributed by atoms with Gasteiger partial charge in [0.15, 0.2) is 0 Å². The van der Waals surface area contributed by atoms with Crippen molar-refractivity contribution in [1.82, 2.24) is 0 Å². The highest BCUT2D eigenvalue weighted by Gasteiger charge is 2.38. The Balaban J connectivity index is 2.40. The van der Waals surface area contributed by atoms with Crippen LogP contribution in [0.1, 0.15) is 49.8 Å². The van der Waals surface area contributed by atoms with Crippen molar-refractivity contribution in [2.75, 3.05) is 0 Å². The fraction of sp³-hybridized carbons (Fsp3) is 0.625. The second-order valence-electron chi connectivity index (χ2n) is 6.13. The SMILES string of the molecule is Cc1cccc(C2(O)CC(C)CC(C)C2)c1C. The Labute approximate surface area is 105 Å². The van der Waals surface area contributed by atoms with Crippen molar-refractivity contribution in [1.29, 1.82) is 0 Å². The summed E-state index contributed by atoms with van der Waals surface area (Å²) in [6.45, 7) is 8.77. The third kappa shape index (κ3) is 2.40. The second kappa shape index (κ2) is 4.45. The Morgan fingerprint density at radius 3 is 2.29 bits per heavy atom. The average Bonchev–Trinajstić information content (AvgIpc) is 2.19. The van der Waals surface area contributed by atoms with E-state index in [9.17, 15) is 5.11 Å². The number of hydrogen-bond acceptors (Lipinski definition) is 1. The highest BCUT2D eigenvalue weighted by molar-refractivity contribution is 5.37. The van der Waals surface area contributed by atoms with Gasteiger partial charge < -0.3 is 5.11 Å². The van der Waals surface area contributed by atoms with Crippen LogP contribution in [0.3, 0.4) is 0 Å². The summed E-state index contributed by atoms with van der Waals surface area (Å²) in [7, 11) is 0. The summed E-state index contributed by atoms with van der Waals surface area (Å²) in [5.41, 5.74) is 3.08. The molecule has 1 N–H and O–H groups in total. The molecule has 2 rings (SSSR count). The van der Waals surface area contributed by atoms with Crippen LogP contribution in [0, 0.1) is 25.7 Å². The van der Waals surface area contributed by atoms with Gasteiger partial charge in [0.05, 0.1) is 5.60 Å². The minimum atomic E-state index is -0.604. The topological polar surface area (TPSA) is 20.2 Å². The van der Waals surface area contributed by atoms with Crippen molar-refractivity contribution in [2.24, 2.45) is 11.8 Å². The summed E-state index contributed by atoms with van der Waals surface area (Å²) in [6.07, 6.45) is 3.05. The number of aryl methyl sites for hydroxylation is 1. The summed E-state index contributed by atoms with van der Waals surface area (Å²) in [5.74, 6) is 1.23. The lowest BCUT2D eigenvalue weighted by Gasteiger charge is -2.40. The molecule has 1 aliphatic carbocycles. The van der Waals surface area contributed by atoms with Gasteiger partial charge in [-0.3, -0.25) is 0 Å². The lowest BCUT2D eigenvalue weighted by atomic mass is 9.69. The molecule has 1 fully saturated rings. The maximum absolute atomic E-state index is 11.0. The van der Waals surface area contributed by atoms with E-state index in [1.165, 1.54) is 17.5 Å². The molecule has 0 aromatic heterocycles. The Morgan fingerprint density at radius 1 is 1.12 bits per heavy atom. The first-order valence-corrected chi connectivity index (χ1v) is 6.71. The van der Waals surface area contributed by atoms with Gasteiger partial charge in [-0.25, -0.2) is 0 Å². The fourth-order valence-corrected chi connectivity index (χ4v) is 3.56. The van der Waals surface area contributed by atoms with E-state index in [0.29, 0.717) is 11.8 Å². The molecule has 2 atom stereocenters. The number of aliphatic hydroxyl groups is 1. The predicted octanol–water partition coefficient (Wildman–Crippen LogP) is 3.95. The maximum atomic E-state index is 11.0. The van der Waals surface area contributed by atoms with Crippen molar-refractivity contribution >= 4 is 0 Å². The quantitative estimate of drug-likeness (QED) is 0.777. The van der Waals surface area contributed by atoms with Crippen LogP contribution in [0.15, 0.2) is 18.2 Å². The Morgan fingerprint density at radius 2 is 1.71 bits per heavy atom. The Hall–Kier alpha value is -0.820. The molecule has 0 saturated heterocycles. The molecule has 1 aromatic carbocycles. The van der Waals surface area contributed by atoms with Crippen molar-refractivity contribution in [3.05, 3.63) is 34.9 Å². The third-order valence-corrected chi connectivity index (χ3v) is 4.28. The van der Waals surface area contributed by atoms with Crippen LogP contribution >= 0.6 is 0 Å². The van der Waals surface area contributed by atoms with Gasteiger partial charge in [-0.1, -0.05) is 32.0 Å². The molecule has 0 bridgehead atoms. The van der Waals surface area contributed by atoms with Crippen molar-refractivity contribution < 1.29 is 5.11 Å². The van der Waals surface area contributed by atoms with Crippen LogP contribution in [-0.4, -0.2) is 5.11 Å². The first-order chi connectivity index (χ1) is 7.92. The first-order valence-electron chi connectivity index (χ1n) is 6.71. The zero-order chi connectivity index (χ0) is 12.6. The van der Waals surface area contributed by atoms with Crippen LogP contribution in [-0.2, 0) is 5.60 Å². The molecule has 1 aromatic rings. The van der Waals surface area contributed by atoms with E-state index in [1.807, 2.05) is 0 Å². The van der Waals surface area contributed by atoms with Gasteiger partial charge >= 0.3 is 0 Å². The molecule has 0 aliphatic heterocycles. The van der Waals surface area contributed by atoms with Gasteiger partial charge in [0, 0.05) is 0 Å². The lowest BCUT2D eigenvalue weighted by molar-refractivity contribution is -0.0367. The average molecular weight is 232 g/mol. The number of benzene rings is 1. The smallest absolute Gasteiger partial charge is 0.0904 e. The molecule has 94 valence electrons. The van der Waals surface area contributed by atoms with Crippen LogP contribution in [0.2, 0.25) is 0 Å². The molecule has 0 heterocycles. The van der Waals surface area contributed by atoms with Crippen LogP contribution < -0.4 is 0 Å².